The maximum absolute atomic E-state index is 12.0. The van der Waals surface area contributed by atoms with Gasteiger partial charge in [0.15, 0.2) is 0 Å². The van der Waals surface area contributed by atoms with Crippen LogP contribution in [0.25, 0.3) is 0 Å². The summed E-state index contributed by atoms with van der Waals surface area (Å²) >= 11 is 0. The molecule has 0 unspecified atom stereocenters. The Labute approximate surface area is 124 Å². The minimum atomic E-state index is -3.65. The lowest BCUT2D eigenvalue weighted by molar-refractivity contribution is -0.118. The quantitative estimate of drug-likeness (QED) is 0.905. The van der Waals surface area contributed by atoms with Gasteiger partial charge in [-0.05, 0) is 44.0 Å². The van der Waals surface area contributed by atoms with E-state index in [2.05, 4.69) is 4.72 Å². The van der Waals surface area contributed by atoms with Gasteiger partial charge in [0, 0.05) is 24.7 Å². The van der Waals surface area contributed by atoms with Crippen LogP contribution in [0.5, 0.6) is 0 Å². The summed E-state index contributed by atoms with van der Waals surface area (Å²) in [5, 5.41) is -0.678. The minimum Gasteiger partial charge on any atom is -0.315 e. The van der Waals surface area contributed by atoms with E-state index < -0.39 is 21.2 Å². The highest BCUT2D eigenvalue weighted by Crippen LogP contribution is 2.27. The van der Waals surface area contributed by atoms with E-state index in [-0.39, 0.29) is 11.5 Å². The van der Waals surface area contributed by atoms with Crippen LogP contribution in [0.4, 0.5) is 5.69 Å². The molecule has 1 N–H and O–H groups in total. The third kappa shape index (κ3) is 3.07. The summed E-state index contributed by atoms with van der Waals surface area (Å²) in [6.07, 6.45) is 0.940. The second-order valence-corrected chi connectivity index (χ2v) is 7.56. The first-order valence-electron chi connectivity index (χ1n) is 6.68. The van der Waals surface area contributed by atoms with Gasteiger partial charge in [0.25, 0.3) is 5.91 Å². The van der Waals surface area contributed by atoms with E-state index in [4.69, 9.17) is 0 Å². The molecule has 21 heavy (non-hydrogen) atoms. The van der Waals surface area contributed by atoms with Gasteiger partial charge in [0.2, 0.25) is 15.9 Å². The second-order valence-electron chi connectivity index (χ2n) is 5.32. The second kappa shape index (κ2) is 5.48. The molecule has 1 aromatic rings. The van der Waals surface area contributed by atoms with Crippen molar-refractivity contribution < 1.29 is 18.0 Å². The molecule has 0 saturated carbocycles. The van der Waals surface area contributed by atoms with Gasteiger partial charge in [0.05, 0.1) is 5.25 Å². The molecule has 0 atom stereocenters. The molecule has 0 radical (unpaired) electrons. The van der Waals surface area contributed by atoms with Crippen molar-refractivity contribution in [1.29, 1.82) is 0 Å². The molecule has 0 saturated heterocycles. The van der Waals surface area contributed by atoms with Gasteiger partial charge in [-0.2, -0.15) is 0 Å². The van der Waals surface area contributed by atoms with Crippen LogP contribution in [0.3, 0.4) is 0 Å². The van der Waals surface area contributed by atoms with Gasteiger partial charge in [-0.3, -0.25) is 9.59 Å². The highest BCUT2D eigenvalue weighted by Gasteiger charge is 2.24. The van der Waals surface area contributed by atoms with Crippen molar-refractivity contribution in [2.75, 3.05) is 11.9 Å². The third-order valence-electron chi connectivity index (χ3n) is 3.54. The molecule has 1 heterocycles. The smallest absolute Gasteiger partial charge is 0.264 e. The Balaban J connectivity index is 2.27. The molecule has 1 aliphatic rings. The average Bonchev–Trinajstić information content (AvgIpc) is 2.42. The van der Waals surface area contributed by atoms with Crippen LogP contribution in [-0.2, 0) is 21.2 Å². The number of hydrogen-bond acceptors (Lipinski definition) is 4. The number of rotatable bonds is 3. The molecule has 6 nitrogen and oxygen atoms in total. The van der Waals surface area contributed by atoms with Crippen molar-refractivity contribution in [3.63, 3.8) is 0 Å². The Morgan fingerprint density at radius 3 is 2.57 bits per heavy atom. The van der Waals surface area contributed by atoms with Gasteiger partial charge >= 0.3 is 0 Å². The first-order chi connectivity index (χ1) is 9.72. The lowest BCUT2D eigenvalue weighted by Gasteiger charge is -2.26. The summed E-state index contributed by atoms with van der Waals surface area (Å²) < 4.78 is 25.5. The molecular formula is C14H18N2O4S. The van der Waals surface area contributed by atoms with E-state index in [1.54, 1.807) is 24.1 Å². The number of carbonyl (C=O) groups is 2. The van der Waals surface area contributed by atoms with E-state index in [1.807, 2.05) is 0 Å². The van der Waals surface area contributed by atoms with Crippen molar-refractivity contribution in [1.82, 2.24) is 4.72 Å². The maximum Gasteiger partial charge on any atom is 0.264 e. The zero-order chi connectivity index (χ0) is 15.8. The van der Waals surface area contributed by atoms with Gasteiger partial charge < -0.3 is 4.90 Å². The van der Waals surface area contributed by atoms with Crippen molar-refractivity contribution in [2.24, 2.45) is 0 Å². The fourth-order valence-corrected chi connectivity index (χ4v) is 2.72. The van der Waals surface area contributed by atoms with Crippen LogP contribution in [0.2, 0.25) is 0 Å². The standard InChI is InChI=1S/C14H18N2O4S/c1-9(2)21(19,20)15-14(18)11-4-6-12-10(8-11)5-7-13(17)16(12)3/h4,6,8-9H,5,7H2,1-3H3,(H,15,18). The molecule has 2 amide bonds. The van der Waals surface area contributed by atoms with Crippen LogP contribution >= 0.6 is 0 Å². The molecule has 1 aliphatic heterocycles. The van der Waals surface area contributed by atoms with Crippen molar-refractivity contribution in [3.8, 4) is 0 Å². The van der Waals surface area contributed by atoms with E-state index in [1.165, 1.54) is 19.9 Å². The number of benzene rings is 1. The zero-order valence-corrected chi connectivity index (χ0v) is 13.0. The van der Waals surface area contributed by atoms with Crippen LogP contribution in [0.1, 0.15) is 36.2 Å². The Morgan fingerprint density at radius 1 is 1.29 bits per heavy atom. The van der Waals surface area contributed by atoms with Crippen LogP contribution in [0.15, 0.2) is 18.2 Å². The monoisotopic (exact) mass is 310 g/mol. The summed E-state index contributed by atoms with van der Waals surface area (Å²) in [5.41, 5.74) is 1.90. The molecule has 0 spiro atoms. The van der Waals surface area contributed by atoms with Crippen molar-refractivity contribution >= 4 is 27.5 Å². The van der Waals surface area contributed by atoms with Crippen molar-refractivity contribution in [2.45, 2.75) is 31.9 Å². The summed E-state index contributed by atoms with van der Waals surface area (Å²) in [6.45, 7) is 3.01. The molecule has 1 aromatic carbocycles. The van der Waals surface area contributed by atoms with Crippen LogP contribution in [-0.4, -0.2) is 32.5 Å². The number of nitrogens with zero attached hydrogens (tertiary/aromatic N) is 1. The van der Waals surface area contributed by atoms with E-state index in [0.29, 0.717) is 12.8 Å². The summed E-state index contributed by atoms with van der Waals surface area (Å²) in [7, 11) is -1.97. The summed E-state index contributed by atoms with van der Waals surface area (Å²) in [5.74, 6) is -0.617. The van der Waals surface area contributed by atoms with Gasteiger partial charge in [-0.15, -0.1) is 0 Å². The molecule has 0 aliphatic carbocycles. The number of aryl methyl sites for hydroxylation is 1. The highest BCUT2D eigenvalue weighted by atomic mass is 32.2. The van der Waals surface area contributed by atoms with E-state index in [9.17, 15) is 18.0 Å². The SMILES string of the molecule is CC(C)S(=O)(=O)NC(=O)c1ccc2c(c1)CCC(=O)N2C. The third-order valence-corrected chi connectivity index (χ3v) is 5.25. The molecule has 0 fully saturated rings. The number of amides is 2. The number of hydrogen-bond donors (Lipinski definition) is 1. The molecule has 114 valence electrons. The molecule has 7 heteroatoms. The topological polar surface area (TPSA) is 83.5 Å². The first-order valence-corrected chi connectivity index (χ1v) is 8.22. The fourth-order valence-electron chi connectivity index (χ4n) is 2.10. The summed E-state index contributed by atoms with van der Waals surface area (Å²) in [4.78, 5) is 25.2. The lowest BCUT2D eigenvalue weighted by atomic mass is 9.99. The predicted molar refractivity (Wildman–Crippen MR) is 79.7 cm³/mol. The predicted octanol–water partition coefficient (Wildman–Crippen LogP) is 1.06. The fraction of sp³-hybridized carbons (Fsp3) is 0.429. The number of sulfonamides is 1. The number of anilines is 1. The Morgan fingerprint density at radius 2 is 1.95 bits per heavy atom. The number of carbonyl (C=O) groups excluding carboxylic acids is 2. The van der Waals surface area contributed by atoms with Gasteiger partial charge in [-0.25, -0.2) is 13.1 Å². The molecular weight excluding hydrogens is 292 g/mol. The first kappa shape index (κ1) is 15.5. The Hall–Kier alpha value is -1.89. The van der Waals surface area contributed by atoms with E-state index >= 15 is 0 Å². The largest absolute Gasteiger partial charge is 0.315 e. The average molecular weight is 310 g/mol. The number of fused-ring (bicyclic) bond motifs is 1. The Kier molecular flexibility index (Phi) is 4.04. The minimum absolute atomic E-state index is 0.0297. The number of nitrogens with one attached hydrogen (secondary N) is 1. The molecule has 0 bridgehead atoms. The van der Waals surface area contributed by atoms with Gasteiger partial charge in [-0.1, -0.05) is 0 Å². The lowest BCUT2D eigenvalue weighted by Crippen LogP contribution is -2.36. The van der Waals surface area contributed by atoms with Crippen molar-refractivity contribution in [3.05, 3.63) is 29.3 Å². The molecule has 0 aromatic heterocycles. The summed E-state index contributed by atoms with van der Waals surface area (Å²) in [6, 6.07) is 4.84. The van der Waals surface area contributed by atoms with Crippen LogP contribution in [0, 0.1) is 0 Å². The van der Waals surface area contributed by atoms with E-state index in [0.717, 1.165) is 11.3 Å². The zero-order valence-electron chi connectivity index (χ0n) is 12.2. The maximum atomic E-state index is 12.0. The Bertz CT molecular complexity index is 695. The van der Waals surface area contributed by atoms with Crippen LogP contribution < -0.4 is 9.62 Å². The normalized spacial score (nSPS) is 15.0. The molecule has 2 rings (SSSR count). The highest BCUT2D eigenvalue weighted by molar-refractivity contribution is 7.90. The van der Waals surface area contributed by atoms with Gasteiger partial charge in [0.1, 0.15) is 0 Å².